The fraction of sp³-hybridized carbons (Fsp3) is 0.200. The molecule has 10 heteroatoms. The van der Waals surface area contributed by atoms with Crippen LogP contribution in [0.2, 0.25) is 0 Å². The van der Waals surface area contributed by atoms with Gasteiger partial charge in [-0.2, -0.15) is 0 Å². The summed E-state index contributed by atoms with van der Waals surface area (Å²) in [6.07, 6.45) is 0. The van der Waals surface area contributed by atoms with Gasteiger partial charge in [0.15, 0.2) is 0 Å². The van der Waals surface area contributed by atoms with E-state index in [1.807, 2.05) is 6.07 Å². The maximum absolute atomic E-state index is 12.8. The van der Waals surface area contributed by atoms with Crippen molar-refractivity contribution in [2.24, 2.45) is 0 Å². The first-order valence-corrected chi connectivity index (χ1v) is 9.52. The summed E-state index contributed by atoms with van der Waals surface area (Å²) in [5.41, 5.74) is -0.667. The Bertz CT molecular complexity index is 1230. The molecule has 3 aromatic rings. The summed E-state index contributed by atoms with van der Waals surface area (Å²) in [4.78, 5) is 53.9. The topological polar surface area (TPSA) is 121 Å². The van der Waals surface area contributed by atoms with Crippen LogP contribution in [0.15, 0.2) is 18.2 Å². The lowest BCUT2D eigenvalue weighted by atomic mass is 9.90. The number of H-pyrrole nitrogens is 1. The van der Waals surface area contributed by atoms with Crippen LogP contribution in [0.1, 0.15) is 41.4 Å². The largest absolute Gasteiger partial charge is 0.465 e. The number of fused-ring (bicyclic) bond motifs is 3. The lowest BCUT2D eigenvalue weighted by Gasteiger charge is -2.16. The molecule has 0 saturated carbocycles. The summed E-state index contributed by atoms with van der Waals surface area (Å²) in [6.45, 7) is 0. The maximum Gasteiger partial charge on any atom is 0.340 e. The lowest BCUT2D eigenvalue weighted by Crippen LogP contribution is -2.23. The minimum Gasteiger partial charge on any atom is -0.465 e. The number of hydrogen-bond donors (Lipinski definition) is 1. The number of ether oxygens (including phenoxy) is 4. The van der Waals surface area contributed by atoms with Crippen molar-refractivity contribution in [3.8, 4) is 0 Å². The highest BCUT2D eigenvalue weighted by Gasteiger charge is 2.36. The van der Waals surface area contributed by atoms with Gasteiger partial charge >= 0.3 is 23.9 Å². The molecule has 0 aliphatic heterocycles. The van der Waals surface area contributed by atoms with Gasteiger partial charge in [-0.15, -0.1) is 0 Å². The smallest absolute Gasteiger partial charge is 0.340 e. The molecule has 3 rings (SSSR count). The molecule has 0 bridgehead atoms. The molecule has 30 heavy (non-hydrogen) atoms. The Balaban J connectivity index is 2.75. The SMILES string of the molecule is COC(=O)c1c(C(=O)OC)c(C(=O)OC)c2c([nH]c3ccc(I)cc32)c1C(=O)OC. The van der Waals surface area contributed by atoms with Crippen LogP contribution in [0.3, 0.4) is 0 Å². The van der Waals surface area contributed by atoms with Gasteiger partial charge in [0, 0.05) is 19.9 Å². The molecule has 0 spiro atoms. The molecule has 1 N–H and O–H groups in total. The minimum absolute atomic E-state index is 0.132. The fourth-order valence-electron chi connectivity index (χ4n) is 3.34. The maximum atomic E-state index is 12.8. The fourth-order valence-corrected chi connectivity index (χ4v) is 3.83. The van der Waals surface area contributed by atoms with Crippen molar-refractivity contribution in [2.75, 3.05) is 28.4 Å². The Morgan fingerprint density at radius 3 is 1.73 bits per heavy atom. The van der Waals surface area contributed by atoms with Crippen molar-refractivity contribution in [2.45, 2.75) is 0 Å². The predicted octanol–water partition coefficient (Wildman–Crippen LogP) is 3.07. The number of esters is 4. The van der Waals surface area contributed by atoms with Gasteiger partial charge in [-0.3, -0.25) is 0 Å². The Morgan fingerprint density at radius 1 is 0.733 bits per heavy atom. The Hall–Kier alpha value is -3.15. The summed E-state index contributed by atoms with van der Waals surface area (Å²) in [6, 6.07) is 5.33. The summed E-state index contributed by atoms with van der Waals surface area (Å²) in [5, 5.41) is 0.771. The van der Waals surface area contributed by atoms with Gasteiger partial charge in [0.2, 0.25) is 0 Å². The molecule has 0 radical (unpaired) electrons. The van der Waals surface area contributed by atoms with Crippen LogP contribution in [0.5, 0.6) is 0 Å². The van der Waals surface area contributed by atoms with Crippen LogP contribution in [0.25, 0.3) is 21.8 Å². The van der Waals surface area contributed by atoms with Gasteiger partial charge in [-0.25, -0.2) is 19.2 Å². The molecule has 2 aromatic carbocycles. The molecule has 0 atom stereocenters. The van der Waals surface area contributed by atoms with E-state index in [-0.39, 0.29) is 22.0 Å². The van der Waals surface area contributed by atoms with Crippen molar-refractivity contribution in [3.63, 3.8) is 0 Å². The van der Waals surface area contributed by atoms with Crippen LogP contribution in [-0.4, -0.2) is 57.3 Å². The van der Waals surface area contributed by atoms with E-state index >= 15 is 0 Å². The molecule has 0 fully saturated rings. The van der Waals surface area contributed by atoms with E-state index in [9.17, 15) is 19.2 Å². The molecule has 9 nitrogen and oxygen atoms in total. The number of carbonyl (C=O) groups excluding carboxylic acids is 4. The molecular formula is C20H16INO8. The van der Waals surface area contributed by atoms with Gasteiger partial charge in [-0.1, -0.05) is 0 Å². The number of aromatic nitrogens is 1. The van der Waals surface area contributed by atoms with E-state index in [1.165, 1.54) is 0 Å². The average Bonchev–Trinajstić information content (AvgIpc) is 3.13. The van der Waals surface area contributed by atoms with Crippen molar-refractivity contribution in [1.82, 2.24) is 4.98 Å². The van der Waals surface area contributed by atoms with E-state index < -0.39 is 35.0 Å². The second kappa shape index (κ2) is 8.30. The summed E-state index contributed by atoms with van der Waals surface area (Å²) >= 11 is 2.09. The number of hydrogen-bond acceptors (Lipinski definition) is 8. The number of rotatable bonds is 4. The minimum atomic E-state index is -1.02. The van der Waals surface area contributed by atoms with E-state index in [0.717, 1.165) is 32.0 Å². The molecule has 0 aliphatic rings. The number of nitrogens with one attached hydrogen (secondary N) is 1. The van der Waals surface area contributed by atoms with Gasteiger partial charge in [0.25, 0.3) is 0 Å². The quantitative estimate of drug-likeness (QED) is 0.314. The second-order valence-electron chi connectivity index (χ2n) is 6.03. The van der Waals surface area contributed by atoms with Crippen molar-refractivity contribution >= 4 is 68.3 Å². The van der Waals surface area contributed by atoms with E-state index in [1.54, 1.807) is 12.1 Å². The molecule has 0 aliphatic carbocycles. The van der Waals surface area contributed by atoms with Gasteiger partial charge < -0.3 is 23.9 Å². The number of carbonyl (C=O) groups is 4. The van der Waals surface area contributed by atoms with Crippen LogP contribution in [-0.2, 0) is 18.9 Å². The van der Waals surface area contributed by atoms with E-state index in [0.29, 0.717) is 10.9 Å². The molecule has 0 amide bonds. The third-order valence-corrected chi connectivity index (χ3v) is 5.24. The summed E-state index contributed by atoms with van der Waals surface area (Å²) in [7, 11) is 4.44. The Morgan fingerprint density at radius 2 is 1.20 bits per heavy atom. The highest BCUT2D eigenvalue weighted by Crippen LogP contribution is 2.38. The first-order chi connectivity index (χ1) is 14.3. The zero-order valence-electron chi connectivity index (χ0n) is 16.4. The number of methoxy groups -OCH3 is 4. The molecule has 0 unspecified atom stereocenters. The predicted molar refractivity (Wildman–Crippen MR) is 114 cm³/mol. The van der Waals surface area contributed by atoms with Crippen LogP contribution in [0, 0.1) is 3.57 Å². The van der Waals surface area contributed by atoms with Crippen LogP contribution in [0.4, 0.5) is 0 Å². The number of aromatic amines is 1. The zero-order valence-corrected chi connectivity index (χ0v) is 18.5. The van der Waals surface area contributed by atoms with E-state index in [2.05, 4.69) is 27.6 Å². The van der Waals surface area contributed by atoms with Crippen molar-refractivity contribution in [1.29, 1.82) is 0 Å². The normalized spacial score (nSPS) is 10.7. The Kier molecular flexibility index (Phi) is 5.97. The van der Waals surface area contributed by atoms with Gasteiger partial charge in [-0.05, 0) is 40.8 Å². The standard InChI is InChI=1S/C20H16INO8/c1-27-17(23)12-11-9-7-8(21)5-6-10(9)22-16(11)15(20(26)30-4)14(19(25)29-3)13(12)18(24)28-2/h5-7,22H,1-4H3. The number of halogens is 1. The van der Waals surface area contributed by atoms with Crippen LogP contribution >= 0.6 is 22.6 Å². The lowest BCUT2D eigenvalue weighted by molar-refractivity contribution is 0.0523. The third-order valence-electron chi connectivity index (χ3n) is 4.57. The summed E-state index contributed by atoms with van der Waals surface area (Å²) < 4.78 is 20.2. The average molecular weight is 525 g/mol. The van der Waals surface area contributed by atoms with E-state index in [4.69, 9.17) is 18.9 Å². The van der Waals surface area contributed by atoms with Gasteiger partial charge in [0.05, 0.1) is 56.2 Å². The second-order valence-corrected chi connectivity index (χ2v) is 7.28. The summed E-state index contributed by atoms with van der Waals surface area (Å²) in [5.74, 6) is -3.82. The first kappa shape index (κ1) is 21.6. The van der Waals surface area contributed by atoms with Crippen molar-refractivity contribution < 1.29 is 38.1 Å². The highest BCUT2D eigenvalue weighted by molar-refractivity contribution is 14.1. The molecule has 1 aromatic heterocycles. The zero-order chi connectivity index (χ0) is 22.2. The molecular weight excluding hydrogens is 509 g/mol. The first-order valence-electron chi connectivity index (χ1n) is 8.44. The highest BCUT2D eigenvalue weighted by atomic mass is 127. The molecule has 0 saturated heterocycles. The monoisotopic (exact) mass is 525 g/mol. The molecule has 156 valence electrons. The van der Waals surface area contributed by atoms with Gasteiger partial charge in [0.1, 0.15) is 0 Å². The van der Waals surface area contributed by atoms with Crippen molar-refractivity contribution in [3.05, 3.63) is 44.0 Å². The third kappa shape index (κ3) is 3.26. The van der Waals surface area contributed by atoms with Crippen LogP contribution < -0.4 is 0 Å². The molecule has 1 heterocycles. The number of benzene rings is 2. The Labute approximate surface area is 183 Å².